The van der Waals surface area contributed by atoms with E-state index in [-0.39, 0.29) is 22.3 Å². The molecule has 15 heteroatoms. The Morgan fingerprint density at radius 2 is 1.44 bits per heavy atom. The van der Waals surface area contributed by atoms with Gasteiger partial charge in [-0.25, -0.2) is 0 Å². The summed E-state index contributed by atoms with van der Waals surface area (Å²) in [4.78, 5) is 13.7. The lowest BCUT2D eigenvalue weighted by Crippen LogP contribution is -2.61. The molecule has 0 radical (unpaired) electrons. The van der Waals surface area contributed by atoms with Crippen LogP contribution in [0.2, 0.25) is 0 Å². The smallest absolute Gasteiger partial charge is 0.239 e. The van der Waals surface area contributed by atoms with E-state index in [9.17, 15) is 50.8 Å². The first-order valence-corrected chi connectivity index (χ1v) is 13.3. The summed E-state index contributed by atoms with van der Waals surface area (Å²) in [5.74, 6) is -2.35. The van der Waals surface area contributed by atoms with Crippen LogP contribution < -0.4 is 10.2 Å². The molecule has 1 aromatic heterocycles. The van der Waals surface area contributed by atoms with E-state index >= 15 is 0 Å². The summed E-state index contributed by atoms with van der Waals surface area (Å²) < 4.78 is 28.1. The van der Waals surface area contributed by atoms with Crippen LogP contribution in [0.4, 0.5) is 0 Å². The lowest BCUT2D eigenvalue weighted by molar-refractivity contribution is -0.318. The van der Waals surface area contributed by atoms with Gasteiger partial charge < -0.3 is 69.3 Å². The third-order valence-corrected chi connectivity index (χ3v) is 7.45. The van der Waals surface area contributed by atoms with Gasteiger partial charge in [0.25, 0.3) is 0 Å². The van der Waals surface area contributed by atoms with E-state index in [1.54, 1.807) is 6.92 Å². The molecule has 2 aromatic carbocycles. The molecule has 0 amide bonds. The van der Waals surface area contributed by atoms with E-state index in [1.165, 1.54) is 25.1 Å². The van der Waals surface area contributed by atoms with Crippen molar-refractivity contribution in [2.45, 2.75) is 75.3 Å². The monoisotopic (exact) mass is 608 g/mol. The van der Waals surface area contributed by atoms with Gasteiger partial charge >= 0.3 is 0 Å². The molecule has 0 spiro atoms. The number of phenols is 3. The Balaban J connectivity index is 1.48. The Labute approximate surface area is 242 Å². The zero-order valence-corrected chi connectivity index (χ0v) is 22.8. The Morgan fingerprint density at radius 3 is 2.14 bits per heavy atom. The minimum Gasteiger partial charge on any atom is -0.507 e. The number of aryl methyl sites for hydroxylation is 1. The average molecular weight is 609 g/mol. The van der Waals surface area contributed by atoms with Crippen LogP contribution in [0.1, 0.15) is 12.5 Å². The third kappa shape index (κ3) is 5.74. The predicted octanol–water partition coefficient (Wildman–Crippen LogP) is -1.08. The minimum atomic E-state index is -1.93. The number of ether oxygens (including phenoxy) is 4. The number of hydrogen-bond donors (Lipinski definition) is 9. The number of benzene rings is 2. The van der Waals surface area contributed by atoms with E-state index in [0.29, 0.717) is 5.56 Å². The Kier molecular flexibility index (Phi) is 8.54. The average Bonchev–Trinajstić information content (AvgIpc) is 2.96. The van der Waals surface area contributed by atoms with Crippen LogP contribution in [0.25, 0.3) is 22.3 Å². The van der Waals surface area contributed by atoms with Gasteiger partial charge in [-0.05, 0) is 49.7 Å². The highest BCUT2D eigenvalue weighted by molar-refractivity contribution is 5.87. The lowest BCUT2D eigenvalue weighted by atomic mass is 9.98. The Hall–Kier alpha value is -3.51. The molecular formula is C28H32O15. The van der Waals surface area contributed by atoms with Gasteiger partial charge in [0.05, 0.1) is 12.7 Å². The fourth-order valence-corrected chi connectivity index (χ4v) is 4.99. The maximum Gasteiger partial charge on any atom is 0.239 e. The van der Waals surface area contributed by atoms with Gasteiger partial charge in [-0.1, -0.05) is 0 Å². The number of rotatable bonds is 6. The number of hydrogen-bond acceptors (Lipinski definition) is 15. The summed E-state index contributed by atoms with van der Waals surface area (Å²) in [7, 11) is 0. The topological polar surface area (TPSA) is 249 Å². The van der Waals surface area contributed by atoms with Crippen molar-refractivity contribution < 1.29 is 69.3 Å². The van der Waals surface area contributed by atoms with Crippen molar-refractivity contribution in [2.75, 3.05) is 6.61 Å². The zero-order chi connectivity index (χ0) is 31.3. The predicted molar refractivity (Wildman–Crippen MR) is 143 cm³/mol. The lowest BCUT2D eigenvalue weighted by Gasteiger charge is -2.42. The second-order valence-electron chi connectivity index (χ2n) is 10.6. The van der Waals surface area contributed by atoms with Gasteiger partial charge in [0.15, 0.2) is 23.5 Å². The minimum absolute atomic E-state index is 0.0446. The van der Waals surface area contributed by atoms with E-state index in [0.717, 1.165) is 12.1 Å². The zero-order valence-electron chi connectivity index (χ0n) is 22.8. The van der Waals surface area contributed by atoms with Crippen LogP contribution >= 0.6 is 0 Å². The molecule has 3 aromatic rings. The SMILES string of the molecule is Cc1cc(O)c2c(=O)c(OC3OC(COC4OC(C)C(O)C(O)C4O)C(O)C(O)C3O)c(-c3ccc(O)c(O)c3)oc2c1. The molecule has 10 unspecified atom stereocenters. The molecule has 2 aliphatic heterocycles. The molecule has 234 valence electrons. The van der Waals surface area contributed by atoms with Gasteiger partial charge in [-0.2, -0.15) is 0 Å². The van der Waals surface area contributed by atoms with E-state index in [2.05, 4.69) is 0 Å². The number of phenolic OH excluding ortho intramolecular Hbond substituents is 3. The van der Waals surface area contributed by atoms with Crippen molar-refractivity contribution in [3.63, 3.8) is 0 Å². The quantitative estimate of drug-likeness (QED) is 0.151. The molecule has 3 heterocycles. The van der Waals surface area contributed by atoms with Crippen LogP contribution in [0.15, 0.2) is 39.5 Å². The molecule has 0 saturated carbocycles. The fourth-order valence-electron chi connectivity index (χ4n) is 4.99. The molecule has 10 atom stereocenters. The molecule has 15 nitrogen and oxygen atoms in total. The maximum atomic E-state index is 13.7. The highest BCUT2D eigenvalue weighted by Gasteiger charge is 2.47. The highest BCUT2D eigenvalue weighted by atomic mass is 16.7. The van der Waals surface area contributed by atoms with Crippen LogP contribution in [-0.2, 0) is 14.2 Å². The second kappa shape index (κ2) is 11.9. The summed E-state index contributed by atoms with van der Waals surface area (Å²) in [5, 5.41) is 92.0. The summed E-state index contributed by atoms with van der Waals surface area (Å²) in [6.45, 7) is 2.51. The summed E-state index contributed by atoms with van der Waals surface area (Å²) >= 11 is 0. The first-order valence-electron chi connectivity index (χ1n) is 13.3. The van der Waals surface area contributed by atoms with Crippen LogP contribution in [0.5, 0.6) is 23.0 Å². The van der Waals surface area contributed by atoms with Gasteiger partial charge in [0, 0.05) is 5.56 Å². The molecule has 2 saturated heterocycles. The second-order valence-corrected chi connectivity index (χ2v) is 10.6. The van der Waals surface area contributed by atoms with Gasteiger partial charge in [-0.15, -0.1) is 0 Å². The number of aromatic hydroxyl groups is 3. The molecule has 0 bridgehead atoms. The molecular weight excluding hydrogens is 576 g/mol. The summed E-state index contributed by atoms with van der Waals surface area (Å²) in [6, 6.07) is 6.30. The largest absolute Gasteiger partial charge is 0.507 e. The molecule has 9 N–H and O–H groups in total. The first kappa shape index (κ1) is 30.9. The molecule has 2 aliphatic rings. The Bertz CT molecular complexity index is 1540. The van der Waals surface area contributed by atoms with Crippen molar-refractivity contribution in [1.29, 1.82) is 0 Å². The molecule has 0 aliphatic carbocycles. The van der Waals surface area contributed by atoms with Crippen LogP contribution in [-0.4, -0.2) is 114 Å². The first-order chi connectivity index (χ1) is 20.3. The number of fused-ring (bicyclic) bond motifs is 1. The third-order valence-electron chi connectivity index (χ3n) is 7.45. The van der Waals surface area contributed by atoms with Crippen molar-refractivity contribution in [1.82, 2.24) is 0 Å². The molecule has 2 fully saturated rings. The standard InChI is InChI=1S/C28H32O15/c1-9-5-14(31)17-15(6-9)41-25(11-3-4-12(29)13(30)7-11)26(20(17)34)43-28-24(38)22(36)19(33)16(42-28)8-39-27-23(37)21(35)18(32)10(2)40-27/h3-7,10,16,18-19,21-24,27-33,35-38H,8H2,1-2H3. The van der Waals surface area contributed by atoms with Crippen LogP contribution in [0, 0.1) is 6.92 Å². The van der Waals surface area contributed by atoms with Gasteiger partial charge in [-0.3, -0.25) is 4.79 Å². The van der Waals surface area contributed by atoms with Crippen LogP contribution in [0.3, 0.4) is 0 Å². The summed E-state index contributed by atoms with van der Waals surface area (Å²) in [5.41, 5.74) is -0.354. The molecule has 5 rings (SSSR count). The van der Waals surface area contributed by atoms with Crippen molar-refractivity contribution in [3.05, 3.63) is 46.1 Å². The van der Waals surface area contributed by atoms with E-state index in [1.807, 2.05) is 0 Å². The van der Waals surface area contributed by atoms with Crippen molar-refractivity contribution in [3.8, 4) is 34.3 Å². The maximum absolute atomic E-state index is 13.7. The summed E-state index contributed by atoms with van der Waals surface area (Å²) in [6.07, 6.45) is -15.9. The van der Waals surface area contributed by atoms with E-state index in [4.69, 9.17) is 23.4 Å². The van der Waals surface area contributed by atoms with E-state index < -0.39 is 96.4 Å². The van der Waals surface area contributed by atoms with Gasteiger partial charge in [0.1, 0.15) is 59.4 Å². The fraction of sp³-hybridized carbons (Fsp3) is 0.464. The number of aliphatic hydroxyl groups is 6. The molecule has 43 heavy (non-hydrogen) atoms. The normalized spacial score (nSPS) is 33.0. The number of aliphatic hydroxyl groups excluding tert-OH is 6. The van der Waals surface area contributed by atoms with Gasteiger partial charge in [0.2, 0.25) is 17.5 Å². The van der Waals surface area contributed by atoms with Crippen molar-refractivity contribution >= 4 is 11.0 Å². The van der Waals surface area contributed by atoms with Crippen molar-refractivity contribution in [2.24, 2.45) is 0 Å². The highest BCUT2D eigenvalue weighted by Crippen LogP contribution is 2.38. The Morgan fingerprint density at radius 1 is 0.767 bits per heavy atom.